The molecule has 5 nitrogen and oxygen atoms in total. The van der Waals surface area contributed by atoms with E-state index in [1.54, 1.807) is 0 Å². The minimum atomic E-state index is -0.0428. The number of aromatic nitrogens is 2. The molecule has 0 bridgehead atoms. The molecule has 0 amide bonds. The number of ether oxygens (including phenoxy) is 1. The molecule has 1 aliphatic heterocycles. The molecule has 2 aliphatic rings. The number of anilines is 1. The summed E-state index contributed by atoms with van der Waals surface area (Å²) in [6.45, 7) is 2.06. The van der Waals surface area contributed by atoms with Gasteiger partial charge >= 0.3 is 0 Å². The SMILES string of the molecule is Cc1ccccc1Oc1ccc(N2C(=S)N[C@@H](c3ccccn3)[C@@H]2c2ccn(C3CCCCC3)c2)cc1. The number of benzene rings is 2. The average molecular weight is 509 g/mol. The molecule has 1 N–H and O–H groups in total. The highest BCUT2D eigenvalue weighted by Crippen LogP contribution is 2.43. The Morgan fingerprint density at radius 3 is 2.46 bits per heavy atom. The summed E-state index contributed by atoms with van der Waals surface area (Å²) in [4.78, 5) is 6.92. The fourth-order valence-corrected chi connectivity index (χ4v) is 6.00. The molecule has 0 unspecified atom stereocenters. The summed E-state index contributed by atoms with van der Waals surface area (Å²) < 4.78 is 8.57. The van der Waals surface area contributed by atoms with E-state index in [1.807, 2.05) is 48.7 Å². The minimum absolute atomic E-state index is 0.00428. The molecule has 1 aliphatic carbocycles. The van der Waals surface area contributed by atoms with Gasteiger partial charge in [0, 0.05) is 30.3 Å². The molecule has 6 rings (SSSR count). The molecule has 1 saturated carbocycles. The van der Waals surface area contributed by atoms with Crippen LogP contribution in [0.15, 0.2) is 91.4 Å². The average Bonchev–Trinajstić information content (AvgIpc) is 3.56. The van der Waals surface area contributed by atoms with E-state index in [0.717, 1.165) is 28.4 Å². The van der Waals surface area contributed by atoms with Crippen LogP contribution >= 0.6 is 12.2 Å². The van der Waals surface area contributed by atoms with Crippen molar-refractivity contribution in [1.29, 1.82) is 0 Å². The molecule has 2 aromatic carbocycles. The van der Waals surface area contributed by atoms with Gasteiger partial charge in [-0.3, -0.25) is 4.98 Å². The maximum atomic E-state index is 6.15. The van der Waals surface area contributed by atoms with Crippen molar-refractivity contribution in [2.75, 3.05) is 4.90 Å². The summed E-state index contributed by atoms with van der Waals surface area (Å²) in [5, 5.41) is 4.28. The molecule has 0 spiro atoms. The third-order valence-corrected chi connectivity index (χ3v) is 7.92. The van der Waals surface area contributed by atoms with Crippen molar-refractivity contribution in [3.63, 3.8) is 0 Å². The van der Waals surface area contributed by atoms with E-state index in [-0.39, 0.29) is 12.1 Å². The van der Waals surface area contributed by atoms with Gasteiger partial charge in [-0.1, -0.05) is 43.5 Å². The second-order valence-electron chi connectivity index (χ2n) is 10.0. The number of hydrogen-bond donors (Lipinski definition) is 1. The number of hydrogen-bond acceptors (Lipinski definition) is 3. The molecule has 2 aromatic heterocycles. The van der Waals surface area contributed by atoms with Crippen LogP contribution in [0.25, 0.3) is 0 Å². The Labute approximate surface area is 224 Å². The highest BCUT2D eigenvalue weighted by Gasteiger charge is 2.41. The first kappa shape index (κ1) is 23.7. The fourth-order valence-electron chi connectivity index (χ4n) is 5.66. The summed E-state index contributed by atoms with van der Waals surface area (Å²) in [6.07, 6.45) is 12.9. The van der Waals surface area contributed by atoms with Crippen molar-refractivity contribution >= 4 is 23.0 Å². The monoisotopic (exact) mass is 508 g/mol. The van der Waals surface area contributed by atoms with Crippen LogP contribution < -0.4 is 15.0 Å². The number of rotatable bonds is 6. The van der Waals surface area contributed by atoms with Crippen molar-refractivity contribution in [2.45, 2.75) is 57.2 Å². The van der Waals surface area contributed by atoms with E-state index in [9.17, 15) is 0 Å². The van der Waals surface area contributed by atoms with Crippen LogP contribution in [-0.4, -0.2) is 14.7 Å². The molecule has 37 heavy (non-hydrogen) atoms. The Morgan fingerprint density at radius 2 is 1.70 bits per heavy atom. The van der Waals surface area contributed by atoms with Crippen molar-refractivity contribution in [3.8, 4) is 11.5 Å². The number of nitrogens with zero attached hydrogens (tertiary/aromatic N) is 3. The summed E-state index contributed by atoms with van der Waals surface area (Å²) in [7, 11) is 0. The first-order chi connectivity index (χ1) is 18.2. The topological polar surface area (TPSA) is 42.3 Å². The lowest BCUT2D eigenvalue weighted by Crippen LogP contribution is -2.29. The standard InChI is InChI=1S/C31H32N4OS/c1-22-9-5-6-13-28(22)36-26-16-14-25(15-17-26)35-30(29(33-31(35)37)27-12-7-8-19-32-27)23-18-20-34(21-23)24-10-3-2-4-11-24/h5-9,12-21,24,29-30H,2-4,10-11H2,1H3,(H,33,37)/t29-,30-/m0/s1. The molecule has 2 atom stereocenters. The lowest BCUT2D eigenvalue weighted by molar-refractivity contribution is 0.353. The van der Waals surface area contributed by atoms with Crippen LogP contribution in [0.1, 0.15) is 67.1 Å². The van der Waals surface area contributed by atoms with Gasteiger partial charge in [0.2, 0.25) is 0 Å². The second-order valence-corrected chi connectivity index (χ2v) is 10.4. The first-order valence-corrected chi connectivity index (χ1v) is 13.6. The summed E-state index contributed by atoms with van der Waals surface area (Å²) >= 11 is 5.91. The normalized spacial score (nSPS) is 20.1. The zero-order chi connectivity index (χ0) is 25.2. The maximum Gasteiger partial charge on any atom is 0.174 e. The van der Waals surface area contributed by atoms with Crippen molar-refractivity contribution in [3.05, 3.63) is 108 Å². The summed E-state index contributed by atoms with van der Waals surface area (Å²) in [6, 6.07) is 25.1. The molecule has 2 fully saturated rings. The lowest BCUT2D eigenvalue weighted by atomic mass is 9.95. The van der Waals surface area contributed by atoms with Gasteiger partial charge in [-0.15, -0.1) is 0 Å². The van der Waals surface area contributed by atoms with Gasteiger partial charge < -0.3 is 19.5 Å². The highest BCUT2D eigenvalue weighted by molar-refractivity contribution is 7.80. The largest absolute Gasteiger partial charge is 0.457 e. The Morgan fingerprint density at radius 1 is 0.919 bits per heavy atom. The zero-order valence-electron chi connectivity index (χ0n) is 21.1. The fraction of sp³-hybridized carbons (Fsp3) is 0.290. The van der Waals surface area contributed by atoms with Crippen LogP contribution in [0.4, 0.5) is 5.69 Å². The predicted molar refractivity (Wildman–Crippen MR) is 152 cm³/mol. The third kappa shape index (κ3) is 4.86. The van der Waals surface area contributed by atoms with Gasteiger partial charge in [-0.25, -0.2) is 0 Å². The van der Waals surface area contributed by atoms with E-state index in [0.29, 0.717) is 11.2 Å². The molecule has 1 saturated heterocycles. The predicted octanol–water partition coefficient (Wildman–Crippen LogP) is 7.67. The van der Waals surface area contributed by atoms with E-state index in [1.165, 1.54) is 37.7 Å². The van der Waals surface area contributed by atoms with Crippen molar-refractivity contribution < 1.29 is 4.74 Å². The molecule has 188 valence electrons. The molecule has 0 radical (unpaired) electrons. The Bertz CT molecular complexity index is 1360. The first-order valence-electron chi connectivity index (χ1n) is 13.2. The van der Waals surface area contributed by atoms with Crippen LogP contribution in [0, 0.1) is 6.92 Å². The third-order valence-electron chi connectivity index (χ3n) is 7.61. The number of thiocarbonyl (C=S) groups is 1. The van der Waals surface area contributed by atoms with Gasteiger partial charge in [0.25, 0.3) is 0 Å². The number of pyridine rings is 1. The summed E-state index contributed by atoms with van der Waals surface area (Å²) in [5.74, 6) is 1.67. The van der Waals surface area contributed by atoms with E-state index >= 15 is 0 Å². The molecular formula is C31H32N4OS. The lowest BCUT2D eigenvalue weighted by Gasteiger charge is -2.28. The van der Waals surface area contributed by atoms with Crippen LogP contribution in [0.2, 0.25) is 0 Å². The molecular weight excluding hydrogens is 476 g/mol. The minimum Gasteiger partial charge on any atom is -0.457 e. The van der Waals surface area contributed by atoms with E-state index in [2.05, 4.69) is 69.4 Å². The highest BCUT2D eigenvalue weighted by atomic mass is 32.1. The molecule has 6 heteroatoms. The second kappa shape index (κ2) is 10.4. The Hall–Kier alpha value is -3.64. The number of para-hydroxylation sites is 1. The van der Waals surface area contributed by atoms with Gasteiger partial charge in [-0.2, -0.15) is 0 Å². The van der Waals surface area contributed by atoms with Gasteiger partial charge in [0.05, 0.1) is 17.8 Å². The Balaban J connectivity index is 1.32. The van der Waals surface area contributed by atoms with Crippen molar-refractivity contribution in [2.24, 2.45) is 0 Å². The number of nitrogens with one attached hydrogen (secondary N) is 1. The quantitative estimate of drug-likeness (QED) is 0.271. The molecule has 4 aromatic rings. The van der Waals surface area contributed by atoms with Crippen LogP contribution in [0.5, 0.6) is 11.5 Å². The van der Waals surface area contributed by atoms with Gasteiger partial charge in [0.1, 0.15) is 11.5 Å². The van der Waals surface area contributed by atoms with E-state index < -0.39 is 0 Å². The number of aryl methyl sites for hydroxylation is 1. The van der Waals surface area contributed by atoms with Crippen molar-refractivity contribution in [1.82, 2.24) is 14.9 Å². The van der Waals surface area contributed by atoms with E-state index in [4.69, 9.17) is 17.0 Å². The Kier molecular flexibility index (Phi) is 6.66. The van der Waals surface area contributed by atoms with Crippen LogP contribution in [0.3, 0.4) is 0 Å². The van der Waals surface area contributed by atoms with Gasteiger partial charge in [0.15, 0.2) is 5.11 Å². The zero-order valence-corrected chi connectivity index (χ0v) is 21.9. The molecule has 3 heterocycles. The van der Waals surface area contributed by atoms with Crippen LogP contribution in [-0.2, 0) is 0 Å². The smallest absolute Gasteiger partial charge is 0.174 e. The van der Waals surface area contributed by atoms with Gasteiger partial charge in [-0.05, 0) is 91.6 Å². The maximum absolute atomic E-state index is 6.15. The summed E-state index contributed by atoms with van der Waals surface area (Å²) in [5.41, 5.74) is 4.37.